The molecule has 100 valence electrons. The highest BCUT2D eigenvalue weighted by molar-refractivity contribution is 5.31. The van der Waals surface area contributed by atoms with E-state index in [1.807, 2.05) is 12.1 Å². The average molecular weight is 250 g/mol. The highest BCUT2D eigenvalue weighted by Crippen LogP contribution is 2.44. The molecule has 0 bridgehead atoms. The predicted molar refractivity (Wildman–Crippen MR) is 71.0 cm³/mol. The zero-order valence-electron chi connectivity index (χ0n) is 11.1. The first-order valence-electron chi connectivity index (χ1n) is 6.66. The predicted octanol–water partition coefficient (Wildman–Crippen LogP) is 2.59. The molecule has 1 aromatic carbocycles. The van der Waals surface area contributed by atoms with Gasteiger partial charge in [-0.3, -0.25) is 0 Å². The van der Waals surface area contributed by atoms with E-state index in [0.29, 0.717) is 25.0 Å². The minimum absolute atomic E-state index is 0.113. The van der Waals surface area contributed by atoms with E-state index in [1.54, 1.807) is 7.11 Å². The van der Waals surface area contributed by atoms with Crippen LogP contribution < -0.4 is 4.74 Å². The topological polar surface area (TPSA) is 38.7 Å². The summed E-state index contributed by atoms with van der Waals surface area (Å²) in [7, 11) is 1.67. The van der Waals surface area contributed by atoms with E-state index >= 15 is 0 Å². The molecule has 0 spiro atoms. The molecule has 3 atom stereocenters. The van der Waals surface area contributed by atoms with Crippen molar-refractivity contribution in [2.24, 2.45) is 5.92 Å². The lowest BCUT2D eigenvalue weighted by Crippen LogP contribution is -2.38. The molecule has 1 aliphatic rings. The number of aliphatic hydroxyl groups excluding tert-OH is 1. The molecular formula is C15H22O3. The molecule has 1 fully saturated rings. The molecule has 3 unspecified atom stereocenters. The zero-order chi connectivity index (χ0) is 13.0. The van der Waals surface area contributed by atoms with Gasteiger partial charge in [-0.25, -0.2) is 0 Å². The van der Waals surface area contributed by atoms with Crippen molar-refractivity contribution in [2.45, 2.75) is 31.8 Å². The van der Waals surface area contributed by atoms with Gasteiger partial charge in [0.1, 0.15) is 12.4 Å². The van der Waals surface area contributed by atoms with E-state index in [0.717, 1.165) is 18.6 Å². The van der Waals surface area contributed by atoms with E-state index < -0.39 is 0 Å². The van der Waals surface area contributed by atoms with Crippen LogP contribution in [-0.4, -0.2) is 31.5 Å². The molecule has 18 heavy (non-hydrogen) atoms. The van der Waals surface area contributed by atoms with Gasteiger partial charge in [0.2, 0.25) is 0 Å². The quantitative estimate of drug-likeness (QED) is 0.789. The molecule has 0 saturated heterocycles. The largest absolute Gasteiger partial charge is 0.491 e. The van der Waals surface area contributed by atoms with E-state index in [1.165, 1.54) is 5.56 Å². The van der Waals surface area contributed by atoms with Gasteiger partial charge in [-0.05, 0) is 36.0 Å². The molecule has 0 amide bonds. The molecule has 0 aliphatic heterocycles. The Morgan fingerprint density at radius 2 is 1.94 bits per heavy atom. The van der Waals surface area contributed by atoms with Crippen LogP contribution in [0.2, 0.25) is 0 Å². The highest BCUT2D eigenvalue weighted by Gasteiger charge is 2.39. The average Bonchev–Trinajstić information content (AvgIpc) is 2.38. The van der Waals surface area contributed by atoms with Gasteiger partial charge in [-0.2, -0.15) is 0 Å². The Labute approximate surface area is 109 Å². The van der Waals surface area contributed by atoms with Gasteiger partial charge in [0.15, 0.2) is 0 Å². The number of hydrogen-bond donors (Lipinski definition) is 1. The van der Waals surface area contributed by atoms with E-state index in [-0.39, 0.29) is 6.10 Å². The smallest absolute Gasteiger partial charge is 0.119 e. The fourth-order valence-electron chi connectivity index (χ4n) is 2.68. The lowest BCUT2D eigenvalue weighted by atomic mass is 9.66. The number of rotatable bonds is 6. The molecule has 1 aromatic rings. The summed E-state index contributed by atoms with van der Waals surface area (Å²) in [5.41, 5.74) is 1.31. The Hall–Kier alpha value is -1.06. The molecule has 2 rings (SSSR count). The summed E-state index contributed by atoms with van der Waals surface area (Å²) in [5, 5.41) is 9.70. The first-order valence-corrected chi connectivity index (χ1v) is 6.66. The van der Waals surface area contributed by atoms with Crippen molar-refractivity contribution in [3.05, 3.63) is 29.8 Å². The Morgan fingerprint density at radius 3 is 2.50 bits per heavy atom. The van der Waals surface area contributed by atoms with Crippen LogP contribution in [0.15, 0.2) is 24.3 Å². The number of hydrogen-bond acceptors (Lipinski definition) is 3. The molecule has 3 heteroatoms. The van der Waals surface area contributed by atoms with Crippen molar-refractivity contribution in [1.29, 1.82) is 0 Å². The molecule has 3 nitrogen and oxygen atoms in total. The van der Waals surface area contributed by atoms with Crippen LogP contribution in [0.4, 0.5) is 0 Å². The standard InChI is InChI=1S/C15H22O3/c1-3-13-14(10-15(13)16)11-4-6-12(7-5-11)18-9-8-17-2/h4-7,13-16H,3,8-10H2,1-2H3. The van der Waals surface area contributed by atoms with Crippen molar-refractivity contribution >= 4 is 0 Å². The van der Waals surface area contributed by atoms with Gasteiger partial charge in [-0.15, -0.1) is 0 Å². The molecule has 1 N–H and O–H groups in total. The molecule has 1 saturated carbocycles. The number of aliphatic hydroxyl groups is 1. The summed E-state index contributed by atoms with van der Waals surface area (Å²) in [6.45, 7) is 3.33. The van der Waals surface area contributed by atoms with Crippen LogP contribution in [0.5, 0.6) is 5.75 Å². The van der Waals surface area contributed by atoms with Gasteiger partial charge in [0.05, 0.1) is 12.7 Å². The van der Waals surface area contributed by atoms with Gasteiger partial charge in [0.25, 0.3) is 0 Å². The Bertz CT molecular complexity index is 361. The first kappa shape index (κ1) is 13.4. The second-order valence-electron chi connectivity index (χ2n) is 4.89. The van der Waals surface area contributed by atoms with Crippen molar-refractivity contribution in [3.8, 4) is 5.75 Å². The fraction of sp³-hybridized carbons (Fsp3) is 0.600. The van der Waals surface area contributed by atoms with Crippen LogP contribution >= 0.6 is 0 Å². The van der Waals surface area contributed by atoms with Gasteiger partial charge >= 0.3 is 0 Å². The lowest BCUT2D eigenvalue weighted by molar-refractivity contribution is -0.000740. The van der Waals surface area contributed by atoms with Gasteiger partial charge in [0, 0.05) is 7.11 Å². The zero-order valence-corrected chi connectivity index (χ0v) is 11.1. The monoisotopic (exact) mass is 250 g/mol. The number of ether oxygens (including phenoxy) is 2. The number of benzene rings is 1. The summed E-state index contributed by atoms with van der Waals surface area (Å²) in [6, 6.07) is 8.23. The van der Waals surface area contributed by atoms with Crippen molar-refractivity contribution in [1.82, 2.24) is 0 Å². The minimum atomic E-state index is -0.113. The summed E-state index contributed by atoms with van der Waals surface area (Å²) < 4.78 is 10.5. The van der Waals surface area contributed by atoms with E-state index in [9.17, 15) is 5.11 Å². The third-order valence-electron chi connectivity index (χ3n) is 3.84. The Kier molecular flexibility index (Phi) is 4.61. The first-order chi connectivity index (χ1) is 8.76. The molecular weight excluding hydrogens is 228 g/mol. The normalized spacial score (nSPS) is 26.7. The maximum Gasteiger partial charge on any atom is 0.119 e. The van der Waals surface area contributed by atoms with Gasteiger partial charge < -0.3 is 14.6 Å². The van der Waals surface area contributed by atoms with Crippen molar-refractivity contribution in [2.75, 3.05) is 20.3 Å². The molecule has 0 heterocycles. The molecule has 1 aliphatic carbocycles. The van der Waals surface area contributed by atoms with E-state index in [2.05, 4.69) is 19.1 Å². The maximum absolute atomic E-state index is 9.70. The number of methoxy groups -OCH3 is 1. The van der Waals surface area contributed by atoms with Crippen LogP contribution in [0.25, 0.3) is 0 Å². The minimum Gasteiger partial charge on any atom is -0.491 e. The Balaban J connectivity index is 1.91. The van der Waals surface area contributed by atoms with Crippen LogP contribution in [0.1, 0.15) is 31.2 Å². The summed E-state index contributed by atoms with van der Waals surface area (Å²) in [4.78, 5) is 0. The summed E-state index contributed by atoms with van der Waals surface area (Å²) in [6.07, 6.45) is 1.82. The second-order valence-corrected chi connectivity index (χ2v) is 4.89. The summed E-state index contributed by atoms with van der Waals surface area (Å²) >= 11 is 0. The highest BCUT2D eigenvalue weighted by atomic mass is 16.5. The fourth-order valence-corrected chi connectivity index (χ4v) is 2.68. The third kappa shape index (κ3) is 2.85. The van der Waals surface area contributed by atoms with Crippen molar-refractivity contribution in [3.63, 3.8) is 0 Å². The summed E-state index contributed by atoms with van der Waals surface area (Å²) in [5.74, 6) is 1.81. The third-order valence-corrected chi connectivity index (χ3v) is 3.84. The van der Waals surface area contributed by atoms with E-state index in [4.69, 9.17) is 9.47 Å². The SMILES string of the molecule is CCC1C(O)CC1c1ccc(OCCOC)cc1. The molecule has 0 radical (unpaired) electrons. The van der Waals surface area contributed by atoms with Crippen LogP contribution in [-0.2, 0) is 4.74 Å². The lowest BCUT2D eigenvalue weighted by Gasteiger charge is -2.41. The van der Waals surface area contributed by atoms with Crippen LogP contribution in [0.3, 0.4) is 0 Å². The van der Waals surface area contributed by atoms with Crippen LogP contribution in [0, 0.1) is 5.92 Å². The Morgan fingerprint density at radius 1 is 1.22 bits per heavy atom. The molecule has 0 aromatic heterocycles. The maximum atomic E-state index is 9.70. The van der Waals surface area contributed by atoms with Crippen molar-refractivity contribution < 1.29 is 14.6 Å². The second kappa shape index (κ2) is 6.21. The van der Waals surface area contributed by atoms with Gasteiger partial charge in [-0.1, -0.05) is 25.5 Å².